The zero-order chi connectivity index (χ0) is 17.6. The van der Waals surface area contributed by atoms with E-state index < -0.39 is 0 Å². The molecule has 2 aromatic rings. The molecule has 6 nitrogen and oxygen atoms in total. The minimum absolute atomic E-state index is 0.0456. The molecule has 0 aromatic carbocycles. The van der Waals surface area contributed by atoms with Gasteiger partial charge < -0.3 is 10.6 Å². The van der Waals surface area contributed by atoms with Crippen molar-refractivity contribution in [3.63, 3.8) is 0 Å². The lowest BCUT2D eigenvalue weighted by atomic mass is 10.1. The summed E-state index contributed by atoms with van der Waals surface area (Å²) in [6, 6.07) is 7.63. The van der Waals surface area contributed by atoms with Gasteiger partial charge in [0.15, 0.2) is 0 Å². The summed E-state index contributed by atoms with van der Waals surface area (Å²) >= 11 is 0. The van der Waals surface area contributed by atoms with Crippen LogP contribution < -0.4 is 10.6 Å². The minimum atomic E-state index is -0.0770. The Hall–Kier alpha value is -2.76. The lowest BCUT2D eigenvalue weighted by molar-refractivity contribution is -0.121. The molecule has 1 aliphatic heterocycles. The Morgan fingerprint density at radius 3 is 2.88 bits per heavy atom. The topological polar surface area (TPSA) is 79.3 Å². The number of fused-ring (bicyclic) bond motifs is 1. The van der Waals surface area contributed by atoms with Crippen LogP contribution in [0.15, 0.2) is 41.7 Å². The summed E-state index contributed by atoms with van der Waals surface area (Å²) in [6.07, 6.45) is 4.60. The first-order valence-corrected chi connectivity index (χ1v) is 8.68. The maximum Gasteiger partial charge on any atom is 0.226 e. The van der Waals surface area contributed by atoms with Crippen LogP contribution in [-0.2, 0) is 17.8 Å². The molecule has 0 saturated heterocycles. The van der Waals surface area contributed by atoms with E-state index in [0.29, 0.717) is 6.54 Å². The van der Waals surface area contributed by atoms with Gasteiger partial charge in [0.25, 0.3) is 0 Å². The number of aliphatic imine (C=N–C) groups is 1. The Bertz CT molecular complexity index is 773. The number of hydrogen-bond acceptors (Lipinski definition) is 5. The normalized spacial score (nSPS) is 13.8. The maximum absolute atomic E-state index is 12.4. The number of pyridine rings is 2. The van der Waals surface area contributed by atoms with Gasteiger partial charge in [0.05, 0.1) is 30.4 Å². The molecule has 1 aliphatic rings. The lowest BCUT2D eigenvalue weighted by Crippen LogP contribution is -2.30. The van der Waals surface area contributed by atoms with Crippen LogP contribution in [0, 0.1) is 0 Å². The summed E-state index contributed by atoms with van der Waals surface area (Å²) in [6.45, 7) is 5.54. The summed E-state index contributed by atoms with van der Waals surface area (Å²) in [4.78, 5) is 25.6. The van der Waals surface area contributed by atoms with Crippen molar-refractivity contribution in [3.8, 4) is 0 Å². The predicted octanol–water partition coefficient (Wildman–Crippen LogP) is 2.16. The smallest absolute Gasteiger partial charge is 0.226 e. The third-order valence-electron chi connectivity index (χ3n) is 4.18. The van der Waals surface area contributed by atoms with E-state index in [1.54, 1.807) is 6.20 Å². The standard InChI is InChI=1S/C19H23N5O/c1-3-16(17-7-5-6-8-21-17)24-18(25)10-14-9-13-11-23-19(20-4-2)15(13)12-22-14/h5-9,12,16H,3-4,10-11H2,1-2H3,(H,20,23)(H,24,25). The van der Waals surface area contributed by atoms with Crippen molar-refractivity contribution in [2.75, 3.05) is 6.54 Å². The third kappa shape index (κ3) is 4.02. The lowest BCUT2D eigenvalue weighted by Gasteiger charge is -2.16. The highest BCUT2D eigenvalue weighted by Gasteiger charge is 2.18. The number of amidine groups is 1. The Balaban J connectivity index is 1.64. The van der Waals surface area contributed by atoms with Crippen molar-refractivity contribution >= 4 is 11.7 Å². The van der Waals surface area contributed by atoms with Crippen LogP contribution >= 0.6 is 0 Å². The number of carbonyl (C=O) groups is 1. The monoisotopic (exact) mass is 337 g/mol. The molecule has 1 atom stereocenters. The molecule has 0 saturated carbocycles. The second kappa shape index (κ2) is 7.88. The molecule has 0 radical (unpaired) electrons. The molecule has 2 aromatic heterocycles. The van der Waals surface area contributed by atoms with Crippen LogP contribution in [0.2, 0.25) is 0 Å². The molecule has 25 heavy (non-hydrogen) atoms. The summed E-state index contributed by atoms with van der Waals surface area (Å²) in [5.41, 5.74) is 3.79. The third-order valence-corrected chi connectivity index (χ3v) is 4.18. The van der Waals surface area contributed by atoms with Crippen molar-refractivity contribution in [2.24, 2.45) is 4.99 Å². The minimum Gasteiger partial charge on any atom is -0.370 e. The number of nitrogens with zero attached hydrogens (tertiary/aromatic N) is 3. The Kier molecular flexibility index (Phi) is 5.38. The maximum atomic E-state index is 12.4. The molecule has 0 bridgehead atoms. The van der Waals surface area contributed by atoms with E-state index in [2.05, 4.69) is 25.6 Å². The number of rotatable bonds is 6. The van der Waals surface area contributed by atoms with E-state index in [1.165, 1.54) is 0 Å². The molecule has 130 valence electrons. The molecule has 0 fully saturated rings. The first-order valence-electron chi connectivity index (χ1n) is 8.68. The highest BCUT2D eigenvalue weighted by molar-refractivity contribution is 6.01. The van der Waals surface area contributed by atoms with Gasteiger partial charge in [-0.25, -0.2) is 0 Å². The van der Waals surface area contributed by atoms with Gasteiger partial charge in [0.2, 0.25) is 5.91 Å². The summed E-state index contributed by atoms with van der Waals surface area (Å²) in [7, 11) is 0. The van der Waals surface area contributed by atoms with Crippen LogP contribution in [0.4, 0.5) is 0 Å². The molecule has 2 N–H and O–H groups in total. The van der Waals surface area contributed by atoms with Crippen LogP contribution in [0.25, 0.3) is 0 Å². The fourth-order valence-corrected chi connectivity index (χ4v) is 2.93. The number of aromatic nitrogens is 2. The van der Waals surface area contributed by atoms with E-state index in [1.807, 2.05) is 44.3 Å². The number of hydrogen-bond donors (Lipinski definition) is 2. The van der Waals surface area contributed by atoms with Gasteiger partial charge in [0, 0.05) is 24.5 Å². The molecule has 6 heteroatoms. The number of carbonyl (C=O) groups excluding carboxylic acids is 1. The molecular weight excluding hydrogens is 314 g/mol. The van der Waals surface area contributed by atoms with Crippen LogP contribution in [0.5, 0.6) is 0 Å². The second-order valence-corrected chi connectivity index (χ2v) is 5.99. The Morgan fingerprint density at radius 1 is 1.28 bits per heavy atom. The highest BCUT2D eigenvalue weighted by Crippen LogP contribution is 2.18. The largest absolute Gasteiger partial charge is 0.370 e. The fraction of sp³-hybridized carbons (Fsp3) is 0.368. The van der Waals surface area contributed by atoms with Gasteiger partial charge in [-0.15, -0.1) is 0 Å². The zero-order valence-electron chi connectivity index (χ0n) is 14.6. The summed E-state index contributed by atoms with van der Waals surface area (Å²) in [5.74, 6) is 0.845. The van der Waals surface area contributed by atoms with E-state index in [0.717, 1.165) is 41.3 Å². The highest BCUT2D eigenvalue weighted by atomic mass is 16.1. The Labute approximate surface area is 147 Å². The predicted molar refractivity (Wildman–Crippen MR) is 97.3 cm³/mol. The van der Waals surface area contributed by atoms with Gasteiger partial charge >= 0.3 is 0 Å². The van der Waals surface area contributed by atoms with Crippen molar-refractivity contribution in [1.29, 1.82) is 0 Å². The molecule has 1 amide bonds. The van der Waals surface area contributed by atoms with Gasteiger partial charge in [-0.05, 0) is 37.1 Å². The fourth-order valence-electron chi connectivity index (χ4n) is 2.93. The van der Waals surface area contributed by atoms with Crippen LogP contribution in [0.1, 0.15) is 48.8 Å². The molecule has 3 rings (SSSR count). The van der Waals surface area contributed by atoms with E-state index in [4.69, 9.17) is 0 Å². The van der Waals surface area contributed by atoms with Gasteiger partial charge in [0.1, 0.15) is 5.84 Å². The van der Waals surface area contributed by atoms with E-state index in [-0.39, 0.29) is 18.4 Å². The first-order chi connectivity index (χ1) is 12.2. The van der Waals surface area contributed by atoms with Crippen molar-refractivity contribution in [2.45, 2.75) is 39.3 Å². The zero-order valence-corrected chi connectivity index (χ0v) is 14.6. The first kappa shape index (κ1) is 17.1. The van der Waals surface area contributed by atoms with Gasteiger partial charge in [-0.1, -0.05) is 13.0 Å². The average Bonchev–Trinajstić information content (AvgIpc) is 3.03. The van der Waals surface area contributed by atoms with E-state index in [9.17, 15) is 4.79 Å². The van der Waals surface area contributed by atoms with Crippen molar-refractivity contribution < 1.29 is 4.79 Å². The number of nitrogens with one attached hydrogen (secondary N) is 2. The second-order valence-electron chi connectivity index (χ2n) is 5.99. The average molecular weight is 337 g/mol. The molecular formula is C19H23N5O. The molecule has 1 unspecified atom stereocenters. The van der Waals surface area contributed by atoms with Crippen LogP contribution in [-0.4, -0.2) is 28.3 Å². The SMILES string of the molecule is CCNC1=NCc2cc(CC(=O)NC(CC)c3ccccn3)ncc21. The molecule has 0 aliphatic carbocycles. The quantitative estimate of drug-likeness (QED) is 0.846. The van der Waals surface area contributed by atoms with Gasteiger partial charge in [-0.3, -0.25) is 19.8 Å². The number of amides is 1. The van der Waals surface area contributed by atoms with Crippen molar-refractivity contribution in [1.82, 2.24) is 20.6 Å². The van der Waals surface area contributed by atoms with E-state index >= 15 is 0 Å². The molecule has 3 heterocycles. The van der Waals surface area contributed by atoms with Crippen molar-refractivity contribution in [3.05, 3.63) is 59.2 Å². The van der Waals surface area contributed by atoms with Gasteiger partial charge in [-0.2, -0.15) is 0 Å². The summed E-state index contributed by atoms with van der Waals surface area (Å²) < 4.78 is 0. The summed E-state index contributed by atoms with van der Waals surface area (Å²) in [5, 5.41) is 6.28. The Morgan fingerprint density at radius 2 is 2.16 bits per heavy atom. The molecule has 0 spiro atoms. The van der Waals surface area contributed by atoms with Crippen LogP contribution in [0.3, 0.4) is 0 Å².